The number of benzene rings is 1. The Morgan fingerprint density at radius 3 is 2.80 bits per heavy atom. The highest BCUT2D eigenvalue weighted by atomic mass is 32.2. The second-order valence-electron chi connectivity index (χ2n) is 6.38. The fraction of sp³-hybridized carbons (Fsp3) is 0.412. The van der Waals surface area contributed by atoms with Gasteiger partial charge in [-0.25, -0.2) is 13.1 Å². The lowest BCUT2D eigenvalue weighted by atomic mass is 9.93. The van der Waals surface area contributed by atoms with Crippen LogP contribution < -0.4 is 10.0 Å². The number of nitrogens with one attached hydrogen (secondary N) is 2. The van der Waals surface area contributed by atoms with Crippen LogP contribution in [-0.4, -0.2) is 36.2 Å². The van der Waals surface area contributed by atoms with E-state index in [1.807, 2.05) is 0 Å². The molecule has 0 aliphatic heterocycles. The molecule has 1 aromatic heterocycles. The Balaban J connectivity index is 1.68. The summed E-state index contributed by atoms with van der Waals surface area (Å²) in [7, 11) is -3.71. The smallest absolute Gasteiger partial charge is 0.251 e. The van der Waals surface area contributed by atoms with Gasteiger partial charge >= 0.3 is 0 Å². The molecule has 134 valence electrons. The van der Waals surface area contributed by atoms with Crippen molar-refractivity contribution in [1.82, 2.24) is 19.8 Å². The lowest BCUT2D eigenvalue weighted by Gasteiger charge is -2.26. The van der Waals surface area contributed by atoms with Crippen molar-refractivity contribution < 1.29 is 13.2 Å². The van der Waals surface area contributed by atoms with Gasteiger partial charge in [0.2, 0.25) is 10.0 Å². The normalized spacial score (nSPS) is 16.2. The number of rotatable bonds is 7. The van der Waals surface area contributed by atoms with E-state index >= 15 is 0 Å². The van der Waals surface area contributed by atoms with Crippen LogP contribution in [0.4, 0.5) is 0 Å². The molecule has 1 aromatic carbocycles. The monoisotopic (exact) mass is 362 g/mol. The molecule has 1 aliphatic carbocycles. The van der Waals surface area contributed by atoms with E-state index in [4.69, 9.17) is 0 Å². The lowest BCUT2D eigenvalue weighted by molar-refractivity contribution is 0.0916. The van der Waals surface area contributed by atoms with Crippen molar-refractivity contribution in [3.63, 3.8) is 0 Å². The van der Waals surface area contributed by atoms with Crippen molar-refractivity contribution in [2.75, 3.05) is 0 Å². The Kier molecular flexibility index (Phi) is 5.19. The zero-order chi connectivity index (χ0) is 17.9. The van der Waals surface area contributed by atoms with Gasteiger partial charge in [0.1, 0.15) is 0 Å². The van der Waals surface area contributed by atoms with Crippen molar-refractivity contribution in [2.45, 2.75) is 49.7 Å². The maximum atomic E-state index is 12.6. The number of amides is 1. The molecule has 8 heteroatoms. The standard InChI is InChI=1S/C17H22N4O3S/c1-13(12-21-10-4-9-18-21)20-25(23,24)16-8-2-5-14(11-16)17(22)19-15-6-3-7-15/h2,4-5,8-11,13,15,20H,3,6-7,12H2,1H3,(H,19,22). The minimum atomic E-state index is -3.71. The second kappa shape index (κ2) is 7.37. The Morgan fingerprint density at radius 2 is 2.16 bits per heavy atom. The summed E-state index contributed by atoms with van der Waals surface area (Å²) in [5, 5.41) is 6.98. The van der Waals surface area contributed by atoms with Gasteiger partial charge in [-0.3, -0.25) is 9.48 Å². The first kappa shape index (κ1) is 17.6. The summed E-state index contributed by atoms with van der Waals surface area (Å²) in [6, 6.07) is 7.77. The summed E-state index contributed by atoms with van der Waals surface area (Å²) in [6.07, 6.45) is 6.51. The first-order chi connectivity index (χ1) is 11.9. The third kappa shape index (κ3) is 4.46. The van der Waals surface area contributed by atoms with Gasteiger partial charge < -0.3 is 5.32 Å². The first-order valence-corrected chi connectivity index (χ1v) is 9.83. The van der Waals surface area contributed by atoms with Crippen molar-refractivity contribution >= 4 is 15.9 Å². The van der Waals surface area contributed by atoms with Crippen LogP contribution in [-0.2, 0) is 16.6 Å². The Labute approximate surface area is 147 Å². The molecular weight excluding hydrogens is 340 g/mol. The second-order valence-corrected chi connectivity index (χ2v) is 8.09. The molecule has 1 amide bonds. The molecule has 0 bridgehead atoms. The van der Waals surface area contributed by atoms with Gasteiger partial charge in [-0.15, -0.1) is 0 Å². The van der Waals surface area contributed by atoms with Crippen molar-refractivity contribution in [3.8, 4) is 0 Å². The molecule has 7 nitrogen and oxygen atoms in total. The summed E-state index contributed by atoms with van der Waals surface area (Å²) >= 11 is 0. The molecule has 0 spiro atoms. The van der Waals surface area contributed by atoms with Crippen LogP contribution in [0, 0.1) is 0 Å². The molecule has 0 radical (unpaired) electrons. The molecule has 1 aliphatic rings. The SMILES string of the molecule is CC(Cn1cccn1)NS(=O)(=O)c1cccc(C(=O)NC2CCC2)c1. The molecule has 25 heavy (non-hydrogen) atoms. The Hall–Kier alpha value is -2.19. The number of carbonyl (C=O) groups is 1. The number of hydrogen-bond acceptors (Lipinski definition) is 4. The fourth-order valence-corrected chi connectivity index (χ4v) is 3.97. The third-order valence-electron chi connectivity index (χ3n) is 4.22. The van der Waals surface area contributed by atoms with E-state index in [1.54, 1.807) is 42.2 Å². The van der Waals surface area contributed by atoms with E-state index in [0.29, 0.717) is 12.1 Å². The number of sulfonamides is 1. The number of carbonyl (C=O) groups excluding carboxylic acids is 1. The highest BCUT2D eigenvalue weighted by Crippen LogP contribution is 2.19. The first-order valence-electron chi connectivity index (χ1n) is 8.35. The number of nitrogens with zero attached hydrogens (tertiary/aromatic N) is 2. The number of aromatic nitrogens is 2. The lowest BCUT2D eigenvalue weighted by Crippen LogP contribution is -2.39. The summed E-state index contributed by atoms with van der Waals surface area (Å²) < 4.78 is 29.4. The van der Waals surface area contributed by atoms with E-state index in [2.05, 4.69) is 15.1 Å². The molecule has 1 saturated carbocycles. The fourth-order valence-electron chi connectivity index (χ4n) is 2.69. The van der Waals surface area contributed by atoms with Crippen molar-refractivity contribution in [3.05, 3.63) is 48.3 Å². The van der Waals surface area contributed by atoms with Gasteiger partial charge in [0.15, 0.2) is 0 Å². The zero-order valence-electron chi connectivity index (χ0n) is 14.1. The minimum Gasteiger partial charge on any atom is -0.349 e. The van der Waals surface area contributed by atoms with Crippen LogP contribution in [0.1, 0.15) is 36.5 Å². The number of hydrogen-bond donors (Lipinski definition) is 2. The summed E-state index contributed by atoms with van der Waals surface area (Å²) in [6.45, 7) is 2.19. The van der Waals surface area contributed by atoms with Gasteiger partial charge in [-0.05, 0) is 50.5 Å². The largest absolute Gasteiger partial charge is 0.349 e. The summed E-state index contributed by atoms with van der Waals surface area (Å²) in [5.74, 6) is -0.230. The average Bonchev–Trinajstić information content (AvgIpc) is 3.03. The predicted octanol–water partition coefficient (Wildman–Crippen LogP) is 1.53. The van der Waals surface area contributed by atoms with Crippen LogP contribution >= 0.6 is 0 Å². The minimum absolute atomic E-state index is 0.0843. The molecule has 1 unspecified atom stereocenters. The Bertz CT molecular complexity index is 829. The topological polar surface area (TPSA) is 93.1 Å². The average molecular weight is 362 g/mol. The van der Waals surface area contributed by atoms with Gasteiger partial charge in [-0.1, -0.05) is 6.07 Å². The van der Waals surface area contributed by atoms with E-state index in [0.717, 1.165) is 19.3 Å². The molecule has 1 atom stereocenters. The molecular formula is C17H22N4O3S. The van der Waals surface area contributed by atoms with Crippen LogP contribution in [0.3, 0.4) is 0 Å². The van der Waals surface area contributed by atoms with Gasteiger partial charge in [0, 0.05) is 30.0 Å². The summed E-state index contributed by atoms with van der Waals surface area (Å²) in [4.78, 5) is 12.3. The van der Waals surface area contributed by atoms with Crippen LogP contribution in [0.25, 0.3) is 0 Å². The van der Waals surface area contributed by atoms with Gasteiger partial charge in [0.05, 0.1) is 11.4 Å². The van der Waals surface area contributed by atoms with E-state index in [1.165, 1.54) is 12.1 Å². The molecule has 3 rings (SSSR count). The quantitative estimate of drug-likeness (QED) is 0.781. The van der Waals surface area contributed by atoms with Gasteiger partial charge in [-0.2, -0.15) is 5.10 Å². The molecule has 1 fully saturated rings. The van der Waals surface area contributed by atoms with E-state index in [9.17, 15) is 13.2 Å². The van der Waals surface area contributed by atoms with Crippen molar-refractivity contribution in [2.24, 2.45) is 0 Å². The molecule has 2 N–H and O–H groups in total. The van der Waals surface area contributed by atoms with Crippen LogP contribution in [0.5, 0.6) is 0 Å². The highest BCUT2D eigenvalue weighted by Gasteiger charge is 2.22. The molecule has 1 heterocycles. The zero-order valence-corrected chi connectivity index (χ0v) is 14.9. The van der Waals surface area contributed by atoms with Gasteiger partial charge in [0.25, 0.3) is 5.91 Å². The third-order valence-corrected chi connectivity index (χ3v) is 5.81. The Morgan fingerprint density at radius 1 is 1.36 bits per heavy atom. The predicted molar refractivity (Wildman–Crippen MR) is 93.6 cm³/mol. The van der Waals surface area contributed by atoms with E-state index in [-0.39, 0.29) is 22.9 Å². The van der Waals surface area contributed by atoms with Crippen LogP contribution in [0.2, 0.25) is 0 Å². The van der Waals surface area contributed by atoms with E-state index < -0.39 is 10.0 Å². The van der Waals surface area contributed by atoms with Crippen LogP contribution in [0.15, 0.2) is 47.6 Å². The maximum Gasteiger partial charge on any atom is 0.251 e. The molecule has 2 aromatic rings. The molecule has 0 saturated heterocycles. The highest BCUT2D eigenvalue weighted by molar-refractivity contribution is 7.89. The van der Waals surface area contributed by atoms with Crippen molar-refractivity contribution in [1.29, 1.82) is 0 Å². The summed E-state index contributed by atoms with van der Waals surface area (Å²) in [5.41, 5.74) is 0.356. The maximum absolute atomic E-state index is 12.6.